The number of aromatic nitrogens is 1. The smallest absolute Gasteiger partial charge is 0.284 e. The number of fused-ring (bicyclic) bond motifs is 2. The molecule has 3 aromatic carbocycles. The van der Waals surface area contributed by atoms with E-state index in [4.69, 9.17) is 27.9 Å². The quantitative estimate of drug-likeness (QED) is 0.241. The van der Waals surface area contributed by atoms with Crippen molar-refractivity contribution in [1.29, 1.82) is 0 Å². The number of carbonyl (C=O) groups excluding carboxylic acids is 2. The molecule has 2 heterocycles. The minimum atomic E-state index is -0.401. The number of nitrogens with one attached hydrogen (secondary N) is 1. The molecule has 0 radical (unpaired) electrons. The number of aliphatic hydroxyl groups excluding tert-OH is 1. The third-order valence-electron chi connectivity index (χ3n) is 7.36. The molecule has 0 saturated carbocycles. The molecule has 0 saturated heterocycles. The molecule has 0 fully saturated rings. The number of amides is 2. The lowest BCUT2D eigenvalue weighted by Crippen LogP contribution is -2.49. The summed E-state index contributed by atoms with van der Waals surface area (Å²) in [7, 11) is 1.98. The van der Waals surface area contributed by atoms with Crippen LogP contribution in [0.2, 0.25) is 10.0 Å². The summed E-state index contributed by atoms with van der Waals surface area (Å²) in [6.07, 6.45) is -0.349. The van der Waals surface area contributed by atoms with Crippen LogP contribution < -0.4 is 10.1 Å². The number of hydrogen-bond acceptors (Lipinski definition) is 7. The third kappa shape index (κ3) is 6.55. The second-order valence-electron chi connectivity index (χ2n) is 10.7. The van der Waals surface area contributed by atoms with Gasteiger partial charge in [-0.25, -0.2) is 4.98 Å². The van der Waals surface area contributed by atoms with Crippen LogP contribution >= 0.6 is 34.5 Å². The first-order valence-electron chi connectivity index (χ1n) is 13.7. The molecule has 2 N–H and O–H groups in total. The lowest BCUT2D eigenvalue weighted by Gasteiger charge is -2.38. The average molecular weight is 628 g/mol. The van der Waals surface area contributed by atoms with Crippen LogP contribution in [0.4, 0.5) is 5.69 Å². The number of carbonyl (C=O) groups is 2. The molecule has 5 rings (SSSR count). The molecule has 42 heavy (non-hydrogen) atoms. The van der Waals surface area contributed by atoms with Crippen molar-refractivity contribution < 1.29 is 19.4 Å². The molecule has 0 spiro atoms. The largest absolute Gasteiger partial charge is 0.486 e. The zero-order chi connectivity index (χ0) is 30.0. The second kappa shape index (κ2) is 13.0. The van der Waals surface area contributed by atoms with Crippen LogP contribution in [0.25, 0.3) is 10.2 Å². The molecule has 1 aliphatic rings. The Hall–Kier alpha value is -3.21. The maximum absolute atomic E-state index is 13.8. The number of thiazole rings is 1. The topological polar surface area (TPSA) is 95.0 Å². The lowest BCUT2D eigenvalue weighted by molar-refractivity contribution is 0.0343. The fourth-order valence-corrected chi connectivity index (χ4v) is 6.21. The van der Waals surface area contributed by atoms with Crippen LogP contribution in [-0.4, -0.2) is 70.6 Å². The van der Waals surface area contributed by atoms with E-state index >= 15 is 0 Å². The van der Waals surface area contributed by atoms with Gasteiger partial charge in [0, 0.05) is 25.6 Å². The molecule has 2 amide bonds. The Morgan fingerprint density at radius 3 is 2.71 bits per heavy atom. The van der Waals surface area contributed by atoms with Crippen molar-refractivity contribution in [3.8, 4) is 5.75 Å². The Morgan fingerprint density at radius 2 is 1.98 bits per heavy atom. The number of ether oxygens (including phenoxy) is 1. The normalized spacial score (nSPS) is 17.9. The SMILES string of the molecule is C[C@H](CO)N1C[C@H](C)[C@H](CN(C)Cc2ccc(Cl)c(Cl)c2)Oc2c(NC(=O)c3nc4ccccc4s3)cccc2C1=O. The summed E-state index contributed by atoms with van der Waals surface area (Å²) < 4.78 is 7.54. The number of para-hydroxylation sites is 2. The predicted octanol–water partition coefficient (Wildman–Crippen LogP) is 6.21. The van der Waals surface area contributed by atoms with Gasteiger partial charge in [0.05, 0.1) is 44.2 Å². The van der Waals surface area contributed by atoms with E-state index in [1.165, 1.54) is 11.3 Å². The van der Waals surface area contributed by atoms with Gasteiger partial charge in [0.15, 0.2) is 10.8 Å². The molecule has 3 atom stereocenters. The Labute approximate surface area is 258 Å². The van der Waals surface area contributed by atoms with E-state index in [-0.39, 0.29) is 30.4 Å². The van der Waals surface area contributed by atoms with E-state index < -0.39 is 6.04 Å². The zero-order valence-electron chi connectivity index (χ0n) is 23.5. The molecule has 8 nitrogen and oxygen atoms in total. The van der Waals surface area contributed by atoms with Gasteiger partial charge in [-0.1, -0.05) is 54.4 Å². The minimum Gasteiger partial charge on any atom is -0.486 e. The predicted molar refractivity (Wildman–Crippen MR) is 168 cm³/mol. The number of halogens is 2. The number of rotatable bonds is 8. The fraction of sp³-hybridized carbons (Fsp3) is 0.323. The molecule has 0 aliphatic carbocycles. The van der Waals surface area contributed by atoms with Crippen LogP contribution in [0.3, 0.4) is 0 Å². The van der Waals surface area contributed by atoms with Gasteiger partial charge in [-0.2, -0.15) is 0 Å². The Balaban J connectivity index is 1.46. The van der Waals surface area contributed by atoms with Crippen LogP contribution in [0.15, 0.2) is 60.7 Å². The molecule has 1 aromatic heterocycles. The van der Waals surface area contributed by atoms with E-state index in [1.807, 2.05) is 57.3 Å². The Morgan fingerprint density at radius 1 is 1.19 bits per heavy atom. The molecular formula is C31H32Cl2N4O4S. The molecular weight excluding hydrogens is 595 g/mol. The van der Waals surface area contributed by atoms with E-state index in [0.29, 0.717) is 51.7 Å². The maximum Gasteiger partial charge on any atom is 0.284 e. The van der Waals surface area contributed by atoms with Gasteiger partial charge >= 0.3 is 0 Å². The van der Waals surface area contributed by atoms with Gasteiger partial charge in [0.2, 0.25) is 0 Å². The Bertz CT molecular complexity index is 1580. The number of benzene rings is 3. The molecule has 11 heteroatoms. The van der Waals surface area contributed by atoms with Gasteiger partial charge in [0.1, 0.15) is 6.10 Å². The summed E-state index contributed by atoms with van der Waals surface area (Å²) in [5.74, 6) is -0.450. The molecule has 220 valence electrons. The first kappa shape index (κ1) is 30.3. The Kier molecular flexibility index (Phi) is 9.35. The van der Waals surface area contributed by atoms with Crippen LogP contribution in [0.1, 0.15) is 39.6 Å². The fourth-order valence-electron chi connectivity index (χ4n) is 5.03. The number of aliphatic hydroxyl groups is 1. The minimum absolute atomic E-state index is 0.0969. The average Bonchev–Trinajstić information content (AvgIpc) is 3.41. The summed E-state index contributed by atoms with van der Waals surface area (Å²) in [5.41, 5.74) is 2.45. The van der Waals surface area contributed by atoms with Crippen molar-refractivity contribution >= 4 is 62.3 Å². The molecule has 0 unspecified atom stereocenters. The van der Waals surface area contributed by atoms with E-state index in [1.54, 1.807) is 29.2 Å². The van der Waals surface area contributed by atoms with E-state index in [9.17, 15) is 14.7 Å². The zero-order valence-corrected chi connectivity index (χ0v) is 25.8. The number of anilines is 1. The first-order chi connectivity index (χ1) is 20.1. The van der Waals surface area contributed by atoms with Crippen molar-refractivity contribution in [3.05, 3.63) is 86.8 Å². The van der Waals surface area contributed by atoms with E-state index in [2.05, 4.69) is 15.2 Å². The summed E-state index contributed by atoms with van der Waals surface area (Å²) in [5, 5.41) is 14.2. The first-order valence-corrected chi connectivity index (χ1v) is 15.2. The van der Waals surface area contributed by atoms with Gasteiger partial charge in [-0.15, -0.1) is 11.3 Å². The standard InChI is InChI=1S/C31H32Cl2N4O4S/c1-18-14-37(19(2)17-38)31(40)21-7-6-9-25(34-29(39)30-35-24-8-4-5-10-27(24)42-30)28(21)41-26(18)16-36(3)15-20-11-12-22(32)23(33)13-20/h4-13,18-19,26,38H,14-17H2,1-3H3,(H,34,39)/t18-,19+,26-/m0/s1. The highest BCUT2D eigenvalue weighted by Gasteiger charge is 2.34. The van der Waals surface area contributed by atoms with Crippen molar-refractivity contribution in [3.63, 3.8) is 0 Å². The number of nitrogens with zero attached hydrogens (tertiary/aromatic N) is 3. The van der Waals surface area contributed by atoms with Crippen LogP contribution in [0.5, 0.6) is 5.75 Å². The van der Waals surface area contributed by atoms with Gasteiger partial charge in [0.25, 0.3) is 11.8 Å². The maximum atomic E-state index is 13.8. The monoisotopic (exact) mass is 626 g/mol. The summed E-state index contributed by atoms with van der Waals surface area (Å²) in [4.78, 5) is 35.4. The third-order valence-corrected chi connectivity index (χ3v) is 9.13. The lowest BCUT2D eigenvalue weighted by atomic mass is 9.98. The van der Waals surface area contributed by atoms with E-state index in [0.717, 1.165) is 15.8 Å². The number of hydrogen-bond donors (Lipinski definition) is 2. The highest BCUT2D eigenvalue weighted by atomic mass is 35.5. The van der Waals surface area contributed by atoms with Crippen molar-refractivity contribution in [1.82, 2.24) is 14.8 Å². The van der Waals surface area contributed by atoms with Crippen LogP contribution in [-0.2, 0) is 6.54 Å². The van der Waals surface area contributed by atoms with Crippen LogP contribution in [0, 0.1) is 5.92 Å². The van der Waals surface area contributed by atoms with Crippen molar-refractivity contribution in [2.45, 2.75) is 32.5 Å². The number of likely N-dealkylation sites (N-methyl/N-ethyl adjacent to an activating group) is 1. The second-order valence-corrected chi connectivity index (χ2v) is 12.5. The summed E-state index contributed by atoms with van der Waals surface area (Å²) in [6.45, 7) is 5.18. The van der Waals surface area contributed by atoms with Gasteiger partial charge < -0.3 is 20.1 Å². The molecule has 4 aromatic rings. The molecule has 0 bridgehead atoms. The van der Waals surface area contributed by atoms with Crippen molar-refractivity contribution in [2.75, 3.05) is 32.1 Å². The highest BCUT2D eigenvalue weighted by molar-refractivity contribution is 7.20. The van der Waals surface area contributed by atoms with Crippen molar-refractivity contribution in [2.24, 2.45) is 5.92 Å². The molecule has 1 aliphatic heterocycles. The van der Waals surface area contributed by atoms with Gasteiger partial charge in [-0.3, -0.25) is 14.5 Å². The van der Waals surface area contributed by atoms with Gasteiger partial charge in [-0.05, 0) is 55.9 Å². The summed E-state index contributed by atoms with van der Waals surface area (Å²) in [6, 6.07) is 17.8. The highest BCUT2D eigenvalue weighted by Crippen LogP contribution is 2.36. The summed E-state index contributed by atoms with van der Waals surface area (Å²) >= 11 is 13.6.